The van der Waals surface area contributed by atoms with Crippen LogP contribution in [0.5, 0.6) is 11.5 Å². The van der Waals surface area contributed by atoms with Gasteiger partial charge < -0.3 is 9.47 Å². The Morgan fingerprint density at radius 3 is 2.48 bits per heavy atom. The lowest BCUT2D eigenvalue weighted by Crippen LogP contribution is -2.07. The number of hydrogen-bond donors (Lipinski definition) is 0. The SMILES string of the molecule is CCOc1cc(/C=C(\C#N)C(=O)c2ccccc2)ccc1OC(C)C. The predicted octanol–water partition coefficient (Wildman–Crippen LogP) is 4.66. The molecule has 0 amide bonds. The van der Waals surface area contributed by atoms with Crippen molar-refractivity contribution in [3.05, 3.63) is 65.2 Å². The third kappa shape index (κ3) is 4.95. The van der Waals surface area contributed by atoms with Crippen molar-refractivity contribution in [2.45, 2.75) is 26.9 Å². The molecule has 2 rings (SSSR count). The maximum Gasteiger partial charge on any atom is 0.203 e. The maximum atomic E-state index is 12.5. The van der Waals surface area contributed by atoms with Crippen LogP contribution in [0, 0.1) is 11.3 Å². The first kappa shape index (κ1) is 18.3. The van der Waals surface area contributed by atoms with Crippen molar-refractivity contribution in [2.24, 2.45) is 0 Å². The average Bonchev–Trinajstić information content (AvgIpc) is 2.61. The predicted molar refractivity (Wildman–Crippen MR) is 97.7 cm³/mol. The molecule has 4 heteroatoms. The van der Waals surface area contributed by atoms with Gasteiger partial charge >= 0.3 is 0 Å². The van der Waals surface area contributed by atoms with Gasteiger partial charge in [-0.2, -0.15) is 5.26 Å². The maximum absolute atomic E-state index is 12.5. The van der Waals surface area contributed by atoms with Gasteiger partial charge in [0.05, 0.1) is 12.7 Å². The smallest absolute Gasteiger partial charge is 0.203 e. The van der Waals surface area contributed by atoms with E-state index in [0.29, 0.717) is 29.2 Å². The molecule has 0 aromatic heterocycles. The summed E-state index contributed by atoms with van der Waals surface area (Å²) in [5, 5.41) is 9.37. The van der Waals surface area contributed by atoms with Crippen molar-refractivity contribution < 1.29 is 14.3 Å². The fraction of sp³-hybridized carbons (Fsp3) is 0.238. The quantitative estimate of drug-likeness (QED) is 0.419. The van der Waals surface area contributed by atoms with Crippen LogP contribution in [0.3, 0.4) is 0 Å². The van der Waals surface area contributed by atoms with E-state index in [1.807, 2.05) is 32.9 Å². The van der Waals surface area contributed by atoms with Gasteiger partial charge in [0.1, 0.15) is 11.6 Å². The summed E-state index contributed by atoms with van der Waals surface area (Å²) in [4.78, 5) is 12.5. The van der Waals surface area contributed by atoms with Crippen LogP contribution < -0.4 is 9.47 Å². The molecule has 0 bridgehead atoms. The van der Waals surface area contributed by atoms with Crippen molar-refractivity contribution in [2.75, 3.05) is 6.61 Å². The summed E-state index contributed by atoms with van der Waals surface area (Å²) in [7, 11) is 0. The first-order chi connectivity index (χ1) is 12.0. The molecule has 0 saturated heterocycles. The third-order valence-corrected chi connectivity index (χ3v) is 3.34. The first-order valence-corrected chi connectivity index (χ1v) is 8.20. The average molecular weight is 335 g/mol. The lowest BCUT2D eigenvalue weighted by molar-refractivity contribution is 0.104. The molecule has 0 saturated carbocycles. The van der Waals surface area contributed by atoms with Crippen molar-refractivity contribution in [1.82, 2.24) is 0 Å². The molecule has 128 valence electrons. The van der Waals surface area contributed by atoms with Gasteiger partial charge in [0.2, 0.25) is 5.78 Å². The Kier molecular flexibility index (Phi) is 6.36. The van der Waals surface area contributed by atoms with E-state index in [1.165, 1.54) is 0 Å². The number of Topliss-reactive ketones (excluding diaryl/α,β-unsaturated/α-hetero) is 1. The van der Waals surface area contributed by atoms with E-state index in [9.17, 15) is 10.1 Å². The van der Waals surface area contributed by atoms with Gasteiger partial charge in [-0.05, 0) is 44.5 Å². The van der Waals surface area contributed by atoms with Crippen LogP contribution >= 0.6 is 0 Å². The number of hydrogen-bond acceptors (Lipinski definition) is 4. The minimum Gasteiger partial charge on any atom is -0.490 e. The molecule has 0 aliphatic heterocycles. The fourth-order valence-electron chi connectivity index (χ4n) is 2.29. The number of ketones is 1. The van der Waals surface area contributed by atoms with Crippen LogP contribution in [0.1, 0.15) is 36.7 Å². The van der Waals surface area contributed by atoms with Crippen molar-refractivity contribution >= 4 is 11.9 Å². The van der Waals surface area contributed by atoms with Crippen LogP contribution in [-0.2, 0) is 0 Å². The van der Waals surface area contributed by atoms with Crippen LogP contribution in [0.15, 0.2) is 54.1 Å². The van der Waals surface area contributed by atoms with E-state index in [2.05, 4.69) is 0 Å². The molecule has 4 nitrogen and oxygen atoms in total. The number of rotatable bonds is 7. The Morgan fingerprint density at radius 1 is 1.16 bits per heavy atom. The second-order valence-electron chi connectivity index (χ2n) is 5.67. The van der Waals surface area contributed by atoms with Crippen LogP contribution in [0.4, 0.5) is 0 Å². The van der Waals surface area contributed by atoms with E-state index >= 15 is 0 Å². The van der Waals surface area contributed by atoms with Gasteiger partial charge in [-0.15, -0.1) is 0 Å². The van der Waals surface area contributed by atoms with Gasteiger partial charge in [0.15, 0.2) is 11.5 Å². The molecule has 0 atom stereocenters. The summed E-state index contributed by atoms with van der Waals surface area (Å²) in [6.07, 6.45) is 1.59. The van der Waals surface area contributed by atoms with Gasteiger partial charge in [0, 0.05) is 5.56 Å². The van der Waals surface area contributed by atoms with E-state index < -0.39 is 0 Å². The normalized spacial score (nSPS) is 11.1. The third-order valence-electron chi connectivity index (χ3n) is 3.34. The van der Waals surface area contributed by atoms with Gasteiger partial charge in [-0.1, -0.05) is 36.4 Å². The second kappa shape index (κ2) is 8.70. The molecule has 0 aliphatic rings. The van der Waals surface area contributed by atoms with E-state index in [0.717, 1.165) is 0 Å². The van der Waals surface area contributed by atoms with E-state index in [4.69, 9.17) is 9.47 Å². The topological polar surface area (TPSA) is 59.3 Å². The fourth-order valence-corrected chi connectivity index (χ4v) is 2.29. The minimum atomic E-state index is -0.302. The summed E-state index contributed by atoms with van der Waals surface area (Å²) < 4.78 is 11.3. The molecule has 25 heavy (non-hydrogen) atoms. The number of benzene rings is 2. The summed E-state index contributed by atoms with van der Waals surface area (Å²) in [5.74, 6) is 0.930. The summed E-state index contributed by atoms with van der Waals surface area (Å²) in [5.41, 5.74) is 1.27. The zero-order valence-corrected chi connectivity index (χ0v) is 14.7. The Hall–Kier alpha value is -3.06. The Morgan fingerprint density at radius 2 is 1.88 bits per heavy atom. The van der Waals surface area contributed by atoms with E-state index in [-0.39, 0.29) is 17.5 Å². The Balaban J connectivity index is 2.36. The van der Waals surface area contributed by atoms with Crippen molar-refractivity contribution in [1.29, 1.82) is 5.26 Å². The largest absolute Gasteiger partial charge is 0.490 e. The summed E-state index contributed by atoms with van der Waals surface area (Å²) >= 11 is 0. The highest BCUT2D eigenvalue weighted by atomic mass is 16.5. The zero-order valence-electron chi connectivity index (χ0n) is 14.7. The van der Waals surface area contributed by atoms with Gasteiger partial charge in [-0.25, -0.2) is 0 Å². The minimum absolute atomic E-state index is 0.0231. The van der Waals surface area contributed by atoms with Gasteiger partial charge in [-0.3, -0.25) is 4.79 Å². The molecule has 2 aromatic carbocycles. The molecule has 0 radical (unpaired) electrons. The van der Waals surface area contributed by atoms with Gasteiger partial charge in [0.25, 0.3) is 0 Å². The molecular formula is C21H21NO3. The second-order valence-corrected chi connectivity index (χ2v) is 5.67. The number of carbonyl (C=O) groups is 1. The van der Waals surface area contributed by atoms with E-state index in [1.54, 1.807) is 48.5 Å². The summed E-state index contributed by atoms with van der Waals surface area (Å²) in [6.45, 7) is 6.27. The molecule has 0 aliphatic carbocycles. The monoisotopic (exact) mass is 335 g/mol. The Bertz CT molecular complexity index is 802. The molecule has 0 spiro atoms. The molecule has 0 unspecified atom stereocenters. The summed E-state index contributed by atoms with van der Waals surface area (Å²) in [6, 6.07) is 16.1. The molecule has 0 N–H and O–H groups in total. The lowest BCUT2D eigenvalue weighted by atomic mass is 10.0. The number of carbonyl (C=O) groups excluding carboxylic acids is 1. The first-order valence-electron chi connectivity index (χ1n) is 8.20. The lowest BCUT2D eigenvalue weighted by Gasteiger charge is -2.15. The number of nitriles is 1. The number of allylic oxidation sites excluding steroid dienone is 1. The highest BCUT2D eigenvalue weighted by Gasteiger charge is 2.13. The van der Waals surface area contributed by atoms with Crippen LogP contribution in [-0.4, -0.2) is 18.5 Å². The van der Waals surface area contributed by atoms with Crippen molar-refractivity contribution in [3.8, 4) is 17.6 Å². The zero-order chi connectivity index (χ0) is 18.2. The van der Waals surface area contributed by atoms with Crippen molar-refractivity contribution in [3.63, 3.8) is 0 Å². The standard InChI is InChI=1S/C21H21NO3/c1-4-24-20-13-16(10-11-19(20)25-15(2)3)12-18(14-22)21(23)17-8-6-5-7-9-17/h5-13,15H,4H2,1-3H3/b18-12+. The van der Waals surface area contributed by atoms with Crippen LogP contribution in [0.25, 0.3) is 6.08 Å². The molecule has 0 heterocycles. The number of ether oxygens (including phenoxy) is 2. The molecule has 0 fully saturated rings. The Labute approximate surface area is 148 Å². The highest BCUT2D eigenvalue weighted by Crippen LogP contribution is 2.30. The molecule has 2 aromatic rings. The highest BCUT2D eigenvalue weighted by molar-refractivity contribution is 6.14. The number of nitrogens with zero attached hydrogens (tertiary/aromatic N) is 1. The molecular weight excluding hydrogens is 314 g/mol. The van der Waals surface area contributed by atoms with Crippen LogP contribution in [0.2, 0.25) is 0 Å².